The van der Waals surface area contributed by atoms with Crippen LogP contribution >= 0.6 is 0 Å². The Bertz CT molecular complexity index is 693. The third kappa shape index (κ3) is 3.09. The standard InChI is InChI=1S/C20H25N3O2/c24-19(22-11-4-7-18(15-22)23-12-10-21-16-23)20(8-13-25-14-9-20)17-5-2-1-3-6-17/h1-3,5-6,10,12,16,18H,4,7-9,11,13-15H2/t18-/m0/s1. The van der Waals surface area contributed by atoms with E-state index in [1.807, 2.05) is 36.9 Å². The molecule has 4 rings (SSSR count). The molecule has 0 bridgehead atoms. The molecule has 5 heteroatoms. The Morgan fingerprint density at radius 2 is 2.00 bits per heavy atom. The van der Waals surface area contributed by atoms with Gasteiger partial charge in [0.2, 0.25) is 5.91 Å². The van der Waals surface area contributed by atoms with E-state index in [1.54, 1.807) is 0 Å². The molecule has 1 amide bonds. The summed E-state index contributed by atoms with van der Waals surface area (Å²) in [5.74, 6) is 0.270. The summed E-state index contributed by atoms with van der Waals surface area (Å²) in [7, 11) is 0. The Labute approximate surface area is 148 Å². The molecule has 1 aromatic carbocycles. The quantitative estimate of drug-likeness (QED) is 0.864. The first-order chi connectivity index (χ1) is 12.3. The molecule has 25 heavy (non-hydrogen) atoms. The number of rotatable bonds is 3. The molecule has 2 aliphatic heterocycles. The summed E-state index contributed by atoms with van der Waals surface area (Å²) in [5.41, 5.74) is 0.698. The van der Waals surface area contributed by atoms with Crippen molar-refractivity contribution in [3.8, 4) is 0 Å². The fourth-order valence-electron chi connectivity index (χ4n) is 4.27. The molecule has 0 unspecified atom stereocenters. The predicted octanol–water partition coefficient (Wildman–Crippen LogP) is 2.80. The first kappa shape index (κ1) is 16.3. The molecule has 0 spiro atoms. The maximum absolute atomic E-state index is 13.6. The lowest BCUT2D eigenvalue weighted by molar-refractivity contribution is -0.143. The largest absolute Gasteiger partial charge is 0.381 e. The van der Waals surface area contributed by atoms with Crippen molar-refractivity contribution in [2.75, 3.05) is 26.3 Å². The van der Waals surface area contributed by atoms with Gasteiger partial charge < -0.3 is 14.2 Å². The van der Waals surface area contributed by atoms with Crippen LogP contribution in [0, 0.1) is 0 Å². The lowest BCUT2D eigenvalue weighted by Gasteiger charge is -2.43. The number of benzene rings is 1. The van der Waals surface area contributed by atoms with Gasteiger partial charge in [0.1, 0.15) is 0 Å². The highest BCUT2D eigenvalue weighted by Gasteiger charge is 2.44. The number of nitrogens with zero attached hydrogens (tertiary/aromatic N) is 3. The van der Waals surface area contributed by atoms with Gasteiger partial charge in [-0.15, -0.1) is 0 Å². The molecule has 2 aliphatic rings. The van der Waals surface area contributed by atoms with Gasteiger partial charge in [0, 0.05) is 38.7 Å². The average Bonchev–Trinajstić information content (AvgIpc) is 3.24. The summed E-state index contributed by atoms with van der Waals surface area (Å²) < 4.78 is 7.72. The fourth-order valence-corrected chi connectivity index (χ4v) is 4.27. The molecule has 0 radical (unpaired) electrons. The molecule has 0 aliphatic carbocycles. The van der Waals surface area contributed by atoms with Gasteiger partial charge in [-0.05, 0) is 31.2 Å². The number of hydrogen-bond donors (Lipinski definition) is 0. The van der Waals surface area contributed by atoms with Gasteiger partial charge in [0.05, 0.1) is 17.8 Å². The second-order valence-electron chi connectivity index (χ2n) is 7.12. The highest BCUT2D eigenvalue weighted by Crippen LogP contribution is 2.38. The minimum Gasteiger partial charge on any atom is -0.381 e. The third-order valence-electron chi connectivity index (χ3n) is 5.71. The van der Waals surface area contributed by atoms with Gasteiger partial charge in [0.25, 0.3) is 0 Å². The van der Waals surface area contributed by atoms with E-state index in [0.29, 0.717) is 19.3 Å². The van der Waals surface area contributed by atoms with Crippen LogP contribution in [0.3, 0.4) is 0 Å². The number of carbonyl (C=O) groups is 1. The summed E-state index contributed by atoms with van der Waals surface area (Å²) in [5, 5.41) is 0. The van der Waals surface area contributed by atoms with Gasteiger partial charge in [-0.25, -0.2) is 4.98 Å². The Morgan fingerprint density at radius 3 is 2.72 bits per heavy atom. The van der Waals surface area contributed by atoms with Crippen molar-refractivity contribution in [2.45, 2.75) is 37.1 Å². The van der Waals surface area contributed by atoms with Gasteiger partial charge >= 0.3 is 0 Å². The van der Waals surface area contributed by atoms with Crippen molar-refractivity contribution >= 4 is 5.91 Å². The second kappa shape index (κ2) is 7.00. The molecule has 2 saturated heterocycles. The average molecular weight is 339 g/mol. The molecule has 5 nitrogen and oxygen atoms in total. The summed E-state index contributed by atoms with van der Waals surface area (Å²) in [4.78, 5) is 19.9. The first-order valence-corrected chi connectivity index (χ1v) is 9.20. The highest BCUT2D eigenvalue weighted by atomic mass is 16.5. The third-order valence-corrected chi connectivity index (χ3v) is 5.71. The molecular formula is C20H25N3O2. The SMILES string of the molecule is O=C(N1CCC[C@H](n2ccnc2)C1)C1(c2ccccc2)CCOCC1. The first-order valence-electron chi connectivity index (χ1n) is 9.20. The van der Waals surface area contributed by atoms with Gasteiger partial charge in [-0.2, -0.15) is 0 Å². The van der Waals surface area contributed by atoms with Crippen LogP contribution in [0.5, 0.6) is 0 Å². The number of carbonyl (C=O) groups excluding carboxylic acids is 1. The minimum atomic E-state index is -0.434. The molecule has 0 N–H and O–H groups in total. The van der Waals surface area contributed by atoms with E-state index in [-0.39, 0.29) is 5.91 Å². The molecule has 2 aromatic rings. The maximum Gasteiger partial charge on any atom is 0.233 e. The Hall–Kier alpha value is -2.14. The minimum absolute atomic E-state index is 0.270. The lowest BCUT2D eigenvalue weighted by atomic mass is 9.72. The van der Waals surface area contributed by atoms with Crippen LogP contribution in [-0.2, 0) is 14.9 Å². The van der Waals surface area contributed by atoms with Gasteiger partial charge in [-0.1, -0.05) is 30.3 Å². The normalized spacial score (nSPS) is 23.4. The predicted molar refractivity (Wildman–Crippen MR) is 95.3 cm³/mol. The zero-order valence-corrected chi connectivity index (χ0v) is 14.5. The number of amides is 1. The van der Waals surface area contributed by atoms with E-state index in [9.17, 15) is 4.79 Å². The second-order valence-corrected chi connectivity index (χ2v) is 7.12. The van der Waals surface area contributed by atoms with Crippen molar-refractivity contribution in [3.05, 3.63) is 54.6 Å². The summed E-state index contributed by atoms with van der Waals surface area (Å²) in [6, 6.07) is 10.6. The molecule has 3 heterocycles. The van der Waals surface area contributed by atoms with E-state index in [2.05, 4.69) is 26.6 Å². The Kier molecular flexibility index (Phi) is 4.57. The van der Waals surface area contributed by atoms with Crippen molar-refractivity contribution in [1.82, 2.24) is 14.5 Å². The molecular weight excluding hydrogens is 314 g/mol. The number of imidazole rings is 1. The van der Waals surface area contributed by atoms with E-state index in [1.165, 1.54) is 0 Å². The smallest absolute Gasteiger partial charge is 0.233 e. The monoisotopic (exact) mass is 339 g/mol. The molecule has 132 valence electrons. The van der Waals surface area contributed by atoms with E-state index >= 15 is 0 Å². The zero-order chi connectivity index (χ0) is 17.1. The summed E-state index contributed by atoms with van der Waals surface area (Å²) in [6.45, 7) is 2.92. The molecule has 1 atom stereocenters. The lowest BCUT2D eigenvalue weighted by Crippen LogP contribution is -2.52. The van der Waals surface area contributed by atoms with Gasteiger partial charge in [-0.3, -0.25) is 4.79 Å². The summed E-state index contributed by atoms with van der Waals surface area (Å²) in [6.07, 6.45) is 9.34. The fraction of sp³-hybridized carbons (Fsp3) is 0.500. The molecule has 0 saturated carbocycles. The van der Waals surface area contributed by atoms with Crippen LogP contribution in [0.15, 0.2) is 49.1 Å². The molecule has 1 aromatic heterocycles. The van der Waals surface area contributed by atoms with Crippen LogP contribution in [0.2, 0.25) is 0 Å². The topological polar surface area (TPSA) is 47.4 Å². The van der Waals surface area contributed by atoms with Crippen LogP contribution in [0.25, 0.3) is 0 Å². The van der Waals surface area contributed by atoms with Crippen LogP contribution in [0.4, 0.5) is 0 Å². The number of hydrogen-bond acceptors (Lipinski definition) is 3. The van der Waals surface area contributed by atoms with Crippen LogP contribution < -0.4 is 0 Å². The van der Waals surface area contributed by atoms with E-state index < -0.39 is 5.41 Å². The summed E-state index contributed by atoms with van der Waals surface area (Å²) >= 11 is 0. The zero-order valence-electron chi connectivity index (χ0n) is 14.5. The Morgan fingerprint density at radius 1 is 1.20 bits per heavy atom. The number of likely N-dealkylation sites (tertiary alicyclic amines) is 1. The van der Waals surface area contributed by atoms with Crippen molar-refractivity contribution in [2.24, 2.45) is 0 Å². The molecule has 2 fully saturated rings. The van der Waals surface area contributed by atoms with E-state index in [0.717, 1.165) is 44.3 Å². The van der Waals surface area contributed by atoms with Crippen LogP contribution in [0.1, 0.15) is 37.3 Å². The van der Waals surface area contributed by atoms with Crippen molar-refractivity contribution < 1.29 is 9.53 Å². The van der Waals surface area contributed by atoms with Crippen molar-refractivity contribution in [3.63, 3.8) is 0 Å². The van der Waals surface area contributed by atoms with E-state index in [4.69, 9.17) is 4.74 Å². The van der Waals surface area contributed by atoms with Crippen LogP contribution in [-0.4, -0.2) is 46.7 Å². The van der Waals surface area contributed by atoms with Gasteiger partial charge in [0.15, 0.2) is 0 Å². The maximum atomic E-state index is 13.6. The van der Waals surface area contributed by atoms with Crippen molar-refractivity contribution in [1.29, 1.82) is 0 Å². The Balaban J connectivity index is 1.60. The highest BCUT2D eigenvalue weighted by molar-refractivity contribution is 5.88. The number of aromatic nitrogens is 2. The number of piperidine rings is 1. The number of ether oxygens (including phenoxy) is 1.